The van der Waals surface area contributed by atoms with Gasteiger partial charge in [0.1, 0.15) is 0 Å². The molecule has 78 valence electrons. The highest BCUT2D eigenvalue weighted by Crippen LogP contribution is 2.41. The zero-order valence-corrected chi connectivity index (χ0v) is 8.84. The van der Waals surface area contributed by atoms with Crippen molar-refractivity contribution in [1.29, 1.82) is 0 Å². The van der Waals surface area contributed by atoms with Crippen LogP contribution in [0.3, 0.4) is 0 Å². The minimum Gasteiger partial charge on any atom is -0.504 e. The molecule has 0 fully saturated rings. The van der Waals surface area contributed by atoms with Crippen LogP contribution in [0.2, 0.25) is 5.02 Å². The second kappa shape index (κ2) is 3.67. The molecule has 0 aliphatic carbocycles. The summed E-state index contributed by atoms with van der Waals surface area (Å²) in [7, 11) is 0. The van der Waals surface area contributed by atoms with E-state index < -0.39 is 5.41 Å². The quantitative estimate of drug-likeness (QED) is 0.663. The number of rotatable bonds is 2. The molecule has 0 aliphatic rings. The standard InChI is InChI=1S/C10H13ClO3/c1-10(2,5-12)8-6(11)3-4-7(13)9(8)14/h3-4,12-14H,5H2,1-2H3. The lowest BCUT2D eigenvalue weighted by atomic mass is 9.84. The molecule has 0 saturated carbocycles. The zero-order valence-electron chi connectivity index (χ0n) is 8.08. The van der Waals surface area contributed by atoms with E-state index in [1.54, 1.807) is 13.8 Å². The van der Waals surface area contributed by atoms with E-state index in [0.717, 1.165) is 0 Å². The van der Waals surface area contributed by atoms with Crippen LogP contribution in [0.25, 0.3) is 0 Å². The minimum atomic E-state index is -0.681. The Morgan fingerprint density at radius 2 is 1.86 bits per heavy atom. The molecule has 0 atom stereocenters. The highest BCUT2D eigenvalue weighted by atomic mass is 35.5. The first-order chi connectivity index (χ1) is 6.40. The van der Waals surface area contributed by atoms with Gasteiger partial charge in [0.25, 0.3) is 0 Å². The summed E-state index contributed by atoms with van der Waals surface area (Å²) in [6.07, 6.45) is 0. The number of benzene rings is 1. The minimum absolute atomic E-state index is 0.163. The van der Waals surface area contributed by atoms with Gasteiger partial charge < -0.3 is 15.3 Å². The summed E-state index contributed by atoms with van der Waals surface area (Å²) in [4.78, 5) is 0. The number of aromatic hydroxyl groups is 2. The molecule has 0 unspecified atom stereocenters. The van der Waals surface area contributed by atoms with Crippen molar-refractivity contribution in [2.24, 2.45) is 0 Å². The van der Waals surface area contributed by atoms with E-state index in [1.165, 1.54) is 12.1 Å². The van der Waals surface area contributed by atoms with Crippen LogP contribution in [-0.4, -0.2) is 21.9 Å². The third kappa shape index (κ3) is 1.79. The molecule has 0 aliphatic heterocycles. The fraction of sp³-hybridized carbons (Fsp3) is 0.400. The monoisotopic (exact) mass is 216 g/mol. The predicted octanol–water partition coefficient (Wildman–Crippen LogP) is 2.02. The number of aliphatic hydroxyl groups is 1. The van der Waals surface area contributed by atoms with Gasteiger partial charge in [-0.1, -0.05) is 25.4 Å². The average molecular weight is 217 g/mol. The number of aliphatic hydroxyl groups excluding tert-OH is 1. The van der Waals surface area contributed by atoms with Gasteiger partial charge in [0.2, 0.25) is 0 Å². The first-order valence-corrected chi connectivity index (χ1v) is 4.59. The van der Waals surface area contributed by atoms with Crippen LogP contribution in [0, 0.1) is 0 Å². The predicted molar refractivity (Wildman–Crippen MR) is 54.9 cm³/mol. The van der Waals surface area contributed by atoms with Crippen LogP contribution in [0.1, 0.15) is 19.4 Å². The Kier molecular flexibility index (Phi) is 2.92. The van der Waals surface area contributed by atoms with E-state index in [9.17, 15) is 10.2 Å². The summed E-state index contributed by atoms with van der Waals surface area (Å²) < 4.78 is 0. The fourth-order valence-electron chi connectivity index (χ4n) is 1.28. The summed E-state index contributed by atoms with van der Waals surface area (Å²) in [6, 6.07) is 2.80. The Labute approximate surface area is 87.6 Å². The van der Waals surface area contributed by atoms with Crippen LogP contribution < -0.4 is 0 Å². The highest BCUT2D eigenvalue weighted by molar-refractivity contribution is 6.31. The van der Waals surface area contributed by atoms with Crippen molar-refractivity contribution >= 4 is 11.6 Å². The van der Waals surface area contributed by atoms with Gasteiger partial charge in [-0.05, 0) is 12.1 Å². The molecule has 1 aromatic rings. The molecule has 4 heteroatoms. The Balaban J connectivity index is 3.40. The first-order valence-electron chi connectivity index (χ1n) is 4.22. The third-order valence-electron chi connectivity index (χ3n) is 2.18. The molecular weight excluding hydrogens is 204 g/mol. The van der Waals surface area contributed by atoms with E-state index in [0.29, 0.717) is 10.6 Å². The smallest absolute Gasteiger partial charge is 0.162 e. The van der Waals surface area contributed by atoms with Crippen LogP contribution in [-0.2, 0) is 5.41 Å². The van der Waals surface area contributed by atoms with E-state index in [4.69, 9.17) is 16.7 Å². The summed E-state index contributed by atoms with van der Waals surface area (Å²) in [5, 5.41) is 28.4. The molecule has 0 amide bonds. The van der Waals surface area contributed by atoms with E-state index >= 15 is 0 Å². The zero-order chi connectivity index (χ0) is 10.9. The molecule has 0 radical (unpaired) electrons. The molecule has 0 bridgehead atoms. The van der Waals surface area contributed by atoms with Gasteiger partial charge in [-0.3, -0.25) is 0 Å². The van der Waals surface area contributed by atoms with Crippen molar-refractivity contribution in [2.45, 2.75) is 19.3 Å². The van der Waals surface area contributed by atoms with Gasteiger partial charge in [-0.2, -0.15) is 0 Å². The van der Waals surface area contributed by atoms with Crippen LogP contribution in [0.4, 0.5) is 0 Å². The number of halogens is 1. The summed E-state index contributed by atoms with van der Waals surface area (Å²) >= 11 is 5.88. The van der Waals surface area contributed by atoms with Crippen LogP contribution in [0.15, 0.2) is 12.1 Å². The van der Waals surface area contributed by atoms with E-state index in [1.807, 2.05) is 0 Å². The summed E-state index contributed by atoms with van der Waals surface area (Å²) in [6.45, 7) is 3.30. The average Bonchev–Trinajstić information content (AvgIpc) is 2.12. The normalized spacial score (nSPS) is 11.7. The fourth-order valence-corrected chi connectivity index (χ4v) is 1.69. The molecule has 3 nitrogen and oxygen atoms in total. The first kappa shape index (κ1) is 11.1. The Morgan fingerprint density at radius 1 is 1.29 bits per heavy atom. The third-order valence-corrected chi connectivity index (χ3v) is 2.49. The van der Waals surface area contributed by atoms with Crippen LogP contribution in [0.5, 0.6) is 11.5 Å². The van der Waals surface area contributed by atoms with Gasteiger partial charge in [0.15, 0.2) is 11.5 Å². The molecule has 0 heterocycles. The Bertz CT molecular complexity index is 347. The Morgan fingerprint density at radius 3 is 2.36 bits per heavy atom. The maximum atomic E-state index is 9.60. The SMILES string of the molecule is CC(C)(CO)c1c(Cl)ccc(O)c1O. The van der Waals surface area contributed by atoms with Gasteiger partial charge in [0.05, 0.1) is 6.61 Å². The molecule has 1 rings (SSSR count). The number of hydrogen-bond donors (Lipinski definition) is 3. The topological polar surface area (TPSA) is 60.7 Å². The molecule has 0 spiro atoms. The van der Waals surface area contributed by atoms with Gasteiger partial charge >= 0.3 is 0 Å². The molecule has 1 aromatic carbocycles. The van der Waals surface area contributed by atoms with Crippen molar-refractivity contribution in [3.05, 3.63) is 22.7 Å². The van der Waals surface area contributed by atoms with Crippen molar-refractivity contribution in [1.82, 2.24) is 0 Å². The van der Waals surface area contributed by atoms with Crippen molar-refractivity contribution in [3.63, 3.8) is 0 Å². The van der Waals surface area contributed by atoms with Crippen LogP contribution >= 0.6 is 11.6 Å². The molecule has 3 N–H and O–H groups in total. The lowest BCUT2D eigenvalue weighted by Crippen LogP contribution is -2.22. The van der Waals surface area contributed by atoms with Crippen molar-refractivity contribution < 1.29 is 15.3 Å². The summed E-state index contributed by atoms with van der Waals surface area (Å²) in [5.74, 6) is -0.498. The van der Waals surface area contributed by atoms with Gasteiger partial charge in [-0.25, -0.2) is 0 Å². The maximum Gasteiger partial charge on any atom is 0.162 e. The second-order valence-corrected chi connectivity index (χ2v) is 4.24. The molecule has 0 saturated heterocycles. The Hall–Kier alpha value is -0.930. The van der Waals surface area contributed by atoms with Crippen molar-refractivity contribution in [2.75, 3.05) is 6.61 Å². The molecular formula is C10H13ClO3. The molecule has 14 heavy (non-hydrogen) atoms. The second-order valence-electron chi connectivity index (χ2n) is 3.83. The van der Waals surface area contributed by atoms with Crippen molar-refractivity contribution in [3.8, 4) is 11.5 Å². The van der Waals surface area contributed by atoms with E-state index in [2.05, 4.69) is 0 Å². The largest absolute Gasteiger partial charge is 0.504 e. The summed E-state index contributed by atoms with van der Waals surface area (Å²) in [5.41, 5.74) is -0.318. The van der Waals surface area contributed by atoms with Gasteiger partial charge in [0, 0.05) is 16.0 Å². The number of phenols is 2. The lowest BCUT2D eigenvalue weighted by Gasteiger charge is -2.24. The number of hydrogen-bond acceptors (Lipinski definition) is 3. The number of phenolic OH excluding ortho intramolecular Hbond substituents is 2. The highest BCUT2D eigenvalue weighted by Gasteiger charge is 2.27. The molecule has 0 aromatic heterocycles. The lowest BCUT2D eigenvalue weighted by molar-refractivity contribution is 0.214. The maximum absolute atomic E-state index is 9.60. The van der Waals surface area contributed by atoms with E-state index in [-0.39, 0.29) is 18.1 Å². The van der Waals surface area contributed by atoms with Gasteiger partial charge in [-0.15, -0.1) is 0 Å².